The van der Waals surface area contributed by atoms with Crippen molar-refractivity contribution in [1.82, 2.24) is 0 Å². The summed E-state index contributed by atoms with van der Waals surface area (Å²) < 4.78 is 38.8. The van der Waals surface area contributed by atoms with Gasteiger partial charge in [-0.05, 0) is 18.2 Å². The number of phenols is 1. The minimum atomic E-state index is -1.89. The van der Waals surface area contributed by atoms with Crippen molar-refractivity contribution < 1.29 is 78.8 Å². The molecule has 17 heteroatoms. The molecule has 0 spiro atoms. The van der Waals surface area contributed by atoms with Gasteiger partial charge in [0.05, 0.1) is 27.4 Å². The first-order valence-electron chi connectivity index (χ1n) is 13.9. The van der Waals surface area contributed by atoms with Crippen LogP contribution in [0.5, 0.6) is 28.7 Å². The summed E-state index contributed by atoms with van der Waals surface area (Å²) in [6, 6.07) is 6.49. The SMILES string of the molecule is COc1cc(O)c2c(=O)c(O[C@@H]3O[C@H](CO)[C@@H](O)[C@H](O)[C@H]3O)c(-c3ccc(O[C@@H]4O[C@H](CO)[C@@H](O)[C@H](O)[C@H]4O)c(OC)c3)oc2c1. The predicted octanol–water partition coefficient (Wildman–Crippen LogP) is -2.46. The zero-order valence-corrected chi connectivity index (χ0v) is 24.4. The van der Waals surface area contributed by atoms with Crippen molar-refractivity contribution in [1.29, 1.82) is 0 Å². The Kier molecular flexibility index (Phi) is 9.89. The van der Waals surface area contributed by atoms with E-state index < -0.39 is 91.6 Å². The second-order valence-electron chi connectivity index (χ2n) is 10.6. The lowest BCUT2D eigenvalue weighted by molar-refractivity contribution is -0.277. The molecule has 2 aliphatic rings. The molecule has 2 aromatic carbocycles. The molecule has 46 heavy (non-hydrogen) atoms. The maximum atomic E-state index is 13.8. The van der Waals surface area contributed by atoms with E-state index in [1.807, 2.05) is 0 Å². The average Bonchev–Trinajstić information content (AvgIpc) is 3.05. The third-order valence-corrected chi connectivity index (χ3v) is 7.74. The number of fused-ring (bicyclic) bond motifs is 1. The highest BCUT2D eigenvalue weighted by atomic mass is 16.7. The summed E-state index contributed by atoms with van der Waals surface area (Å²) in [5.74, 6) is -1.36. The van der Waals surface area contributed by atoms with Crippen molar-refractivity contribution in [3.63, 3.8) is 0 Å². The number of aliphatic hydroxyl groups excluding tert-OH is 8. The van der Waals surface area contributed by atoms with Crippen molar-refractivity contribution in [2.75, 3.05) is 27.4 Å². The van der Waals surface area contributed by atoms with Gasteiger partial charge in [0, 0.05) is 17.7 Å². The van der Waals surface area contributed by atoms with Gasteiger partial charge in [-0.25, -0.2) is 0 Å². The van der Waals surface area contributed by atoms with Gasteiger partial charge in [-0.15, -0.1) is 0 Å². The van der Waals surface area contributed by atoms with Crippen LogP contribution in [0.2, 0.25) is 0 Å². The molecule has 3 aromatic rings. The first-order chi connectivity index (χ1) is 21.9. The minimum Gasteiger partial charge on any atom is -0.507 e. The fraction of sp³-hybridized carbons (Fsp3) is 0.483. The summed E-state index contributed by atoms with van der Waals surface area (Å²) in [6.45, 7) is -1.45. The molecule has 9 N–H and O–H groups in total. The maximum absolute atomic E-state index is 13.8. The van der Waals surface area contributed by atoms with Crippen LogP contribution in [0.1, 0.15) is 0 Å². The van der Waals surface area contributed by atoms with E-state index in [0.717, 1.165) is 6.07 Å². The lowest BCUT2D eigenvalue weighted by Crippen LogP contribution is -2.60. The number of phenolic OH excluding ortho intramolecular Hbond substituents is 1. The monoisotopic (exact) mass is 654 g/mol. The molecule has 10 atom stereocenters. The van der Waals surface area contributed by atoms with Crippen molar-refractivity contribution in [3.05, 3.63) is 40.6 Å². The van der Waals surface area contributed by atoms with Gasteiger partial charge in [0.15, 0.2) is 17.3 Å². The van der Waals surface area contributed by atoms with Gasteiger partial charge in [0.2, 0.25) is 23.8 Å². The quantitative estimate of drug-likeness (QED) is 0.116. The first kappa shape index (κ1) is 33.6. The molecule has 0 saturated carbocycles. The molecular formula is C29H34O17. The molecular weight excluding hydrogens is 620 g/mol. The fourth-order valence-corrected chi connectivity index (χ4v) is 5.15. The molecule has 2 aliphatic heterocycles. The van der Waals surface area contributed by atoms with Gasteiger partial charge in [0.25, 0.3) is 0 Å². The van der Waals surface area contributed by atoms with E-state index in [1.165, 1.54) is 38.5 Å². The Bertz CT molecular complexity index is 1590. The molecule has 0 amide bonds. The van der Waals surface area contributed by atoms with E-state index in [9.17, 15) is 50.8 Å². The highest BCUT2D eigenvalue weighted by Gasteiger charge is 2.46. The lowest BCUT2D eigenvalue weighted by Gasteiger charge is -2.39. The molecule has 0 radical (unpaired) electrons. The van der Waals surface area contributed by atoms with E-state index >= 15 is 0 Å². The molecule has 1 aromatic heterocycles. The molecule has 2 saturated heterocycles. The largest absolute Gasteiger partial charge is 0.507 e. The third-order valence-electron chi connectivity index (χ3n) is 7.74. The van der Waals surface area contributed by atoms with Crippen molar-refractivity contribution >= 4 is 11.0 Å². The van der Waals surface area contributed by atoms with Gasteiger partial charge >= 0.3 is 0 Å². The highest BCUT2D eigenvalue weighted by Crippen LogP contribution is 2.41. The predicted molar refractivity (Wildman–Crippen MR) is 151 cm³/mol. The lowest BCUT2D eigenvalue weighted by atomic mass is 9.99. The number of ether oxygens (including phenoxy) is 6. The molecule has 5 rings (SSSR count). The third kappa shape index (κ3) is 6.05. The standard InChI is InChI=1S/C29H34O17/c1-40-11-6-12(32)18-15(7-11)42-26(27(21(18)35)46-29-25(39)23(37)20(34)17(9-31)45-29)10-3-4-13(14(5-10)41-2)43-28-24(38)22(36)19(33)16(8-30)44-28/h3-7,16-17,19-20,22-25,28-34,36-39H,8-9H2,1-2H3/t16-,17-,19-,20-,22+,23+,24-,25-,28-,29+/m1/s1. The van der Waals surface area contributed by atoms with Crippen LogP contribution < -0.4 is 24.4 Å². The Balaban J connectivity index is 1.59. The van der Waals surface area contributed by atoms with E-state index in [1.54, 1.807) is 0 Å². The van der Waals surface area contributed by atoms with Crippen LogP contribution in [0.4, 0.5) is 0 Å². The second-order valence-corrected chi connectivity index (χ2v) is 10.6. The van der Waals surface area contributed by atoms with Crippen LogP contribution in [0, 0.1) is 0 Å². The summed E-state index contributed by atoms with van der Waals surface area (Å²) in [4.78, 5) is 13.8. The number of rotatable bonds is 9. The van der Waals surface area contributed by atoms with Crippen LogP contribution in [-0.4, -0.2) is 135 Å². The van der Waals surface area contributed by atoms with Gasteiger partial charge in [-0.2, -0.15) is 0 Å². The number of hydrogen-bond donors (Lipinski definition) is 9. The second kappa shape index (κ2) is 13.5. The van der Waals surface area contributed by atoms with Crippen LogP contribution in [0.25, 0.3) is 22.3 Å². The normalized spacial score (nSPS) is 31.4. The molecule has 0 bridgehead atoms. The zero-order chi connectivity index (χ0) is 33.4. The van der Waals surface area contributed by atoms with E-state index in [0.29, 0.717) is 0 Å². The first-order valence-corrected chi connectivity index (χ1v) is 13.9. The molecule has 3 heterocycles. The van der Waals surface area contributed by atoms with Crippen LogP contribution in [0.3, 0.4) is 0 Å². The average molecular weight is 655 g/mol. The Morgan fingerprint density at radius 1 is 0.717 bits per heavy atom. The number of benzene rings is 2. The summed E-state index contributed by atoms with van der Waals surface area (Å²) in [6.07, 6.45) is -16.4. The van der Waals surface area contributed by atoms with Gasteiger partial charge in [-0.1, -0.05) is 0 Å². The molecule has 0 unspecified atom stereocenters. The van der Waals surface area contributed by atoms with Crippen molar-refractivity contribution in [2.45, 2.75) is 61.4 Å². The summed E-state index contributed by atoms with van der Waals surface area (Å²) in [7, 11) is 2.60. The van der Waals surface area contributed by atoms with Crippen LogP contribution in [0.15, 0.2) is 39.5 Å². The fourth-order valence-electron chi connectivity index (χ4n) is 5.15. The topological polar surface area (TPSA) is 268 Å². The van der Waals surface area contributed by atoms with Crippen LogP contribution >= 0.6 is 0 Å². The Hall–Kier alpha value is -3.75. The Morgan fingerprint density at radius 3 is 1.85 bits per heavy atom. The van der Waals surface area contributed by atoms with Crippen molar-refractivity contribution in [3.8, 4) is 40.1 Å². The van der Waals surface area contributed by atoms with Gasteiger partial charge in [-0.3, -0.25) is 4.79 Å². The van der Waals surface area contributed by atoms with E-state index in [-0.39, 0.29) is 39.5 Å². The Labute approximate surface area is 259 Å². The summed E-state index contributed by atoms with van der Waals surface area (Å²) in [5, 5.41) is 91.0. The molecule has 0 aliphatic carbocycles. The van der Waals surface area contributed by atoms with Gasteiger partial charge < -0.3 is 78.8 Å². The molecule has 17 nitrogen and oxygen atoms in total. The minimum absolute atomic E-state index is 0.0236. The van der Waals surface area contributed by atoms with Crippen molar-refractivity contribution in [2.24, 2.45) is 0 Å². The van der Waals surface area contributed by atoms with E-state index in [2.05, 4.69) is 0 Å². The Morgan fingerprint density at radius 2 is 1.30 bits per heavy atom. The number of methoxy groups -OCH3 is 2. The number of aromatic hydroxyl groups is 1. The summed E-state index contributed by atoms with van der Waals surface area (Å²) >= 11 is 0. The maximum Gasteiger partial charge on any atom is 0.239 e. The smallest absolute Gasteiger partial charge is 0.239 e. The number of aliphatic hydroxyl groups is 8. The molecule has 252 valence electrons. The molecule has 2 fully saturated rings. The zero-order valence-electron chi connectivity index (χ0n) is 24.4. The summed E-state index contributed by atoms with van der Waals surface area (Å²) in [5.41, 5.74) is -0.980. The van der Waals surface area contributed by atoms with Crippen LogP contribution in [-0.2, 0) is 9.47 Å². The highest BCUT2D eigenvalue weighted by molar-refractivity contribution is 5.88. The van der Waals surface area contributed by atoms with Gasteiger partial charge in [0.1, 0.15) is 71.3 Å². The van der Waals surface area contributed by atoms with E-state index in [4.69, 9.17) is 32.8 Å². The number of hydrogen-bond acceptors (Lipinski definition) is 17.